The van der Waals surface area contributed by atoms with Crippen molar-refractivity contribution in [2.24, 2.45) is 9.78 Å². The molecule has 2 aliphatic heterocycles. The average molecular weight is 989 g/mol. The number of allylic oxidation sites excluding steroid dienone is 1. The Labute approximate surface area is 402 Å². The number of nitrogens with zero attached hydrogens (tertiary/aromatic N) is 6. The maximum absolute atomic E-state index is 14.0. The molecule has 5 aromatic rings. The summed E-state index contributed by atoms with van der Waals surface area (Å²) in [5.41, 5.74) is 5.25. The van der Waals surface area contributed by atoms with E-state index in [9.17, 15) is 32.7 Å². The predicted molar refractivity (Wildman–Crippen MR) is 269 cm³/mol. The molecule has 2 aromatic heterocycles. The van der Waals surface area contributed by atoms with E-state index >= 15 is 0 Å². The normalized spacial score (nSPS) is 18.7. The lowest BCUT2D eigenvalue weighted by Gasteiger charge is -2.39. The fourth-order valence-electron chi connectivity index (χ4n) is 9.24. The summed E-state index contributed by atoms with van der Waals surface area (Å²) in [7, 11) is -7.30. The summed E-state index contributed by atoms with van der Waals surface area (Å²) in [4.78, 5) is 50.9. The van der Waals surface area contributed by atoms with Crippen LogP contribution in [0.2, 0.25) is 5.02 Å². The number of anilines is 2. The van der Waals surface area contributed by atoms with Gasteiger partial charge in [0.05, 0.1) is 21.6 Å². The lowest BCUT2D eigenvalue weighted by atomic mass is 9.72. The zero-order valence-corrected chi connectivity index (χ0v) is 41.0. The van der Waals surface area contributed by atoms with Gasteiger partial charge in [-0.05, 0) is 91.3 Å². The van der Waals surface area contributed by atoms with Crippen molar-refractivity contribution in [3.8, 4) is 11.5 Å². The second kappa shape index (κ2) is 20.1. The van der Waals surface area contributed by atoms with Gasteiger partial charge in [-0.2, -0.15) is 4.36 Å². The first-order chi connectivity index (χ1) is 32.3. The highest BCUT2D eigenvalue weighted by Crippen LogP contribution is 2.43. The molecule has 0 radical (unpaired) electrons. The second-order valence-electron chi connectivity index (χ2n) is 18.7. The lowest BCUT2D eigenvalue weighted by Crippen LogP contribution is -2.47. The van der Waals surface area contributed by atoms with Crippen LogP contribution in [0.25, 0.3) is 16.6 Å². The summed E-state index contributed by atoms with van der Waals surface area (Å²) in [6.45, 7) is 13.2. The molecule has 4 N–H and O–H groups in total. The maximum atomic E-state index is 14.0. The Morgan fingerprint density at radius 2 is 1.75 bits per heavy atom. The van der Waals surface area contributed by atoms with Gasteiger partial charge in [-0.25, -0.2) is 18.1 Å². The van der Waals surface area contributed by atoms with Gasteiger partial charge in [-0.1, -0.05) is 53.3 Å². The molecule has 0 bridgehead atoms. The fraction of sp³-hybridized carbons (Fsp3) is 0.396. The number of nitrogens with one attached hydrogen (secondary N) is 3. The van der Waals surface area contributed by atoms with Gasteiger partial charge in [-0.3, -0.25) is 29.5 Å². The van der Waals surface area contributed by atoms with E-state index in [1.807, 2.05) is 25.1 Å². The highest BCUT2D eigenvalue weighted by atomic mass is 35.5. The third kappa shape index (κ3) is 11.8. The summed E-state index contributed by atoms with van der Waals surface area (Å²) in [6, 6.07) is 19.9. The molecule has 20 heteroatoms. The number of halogens is 1. The molecule has 362 valence electrons. The second-order valence-corrected chi connectivity index (χ2v) is 23.7. The number of nitro groups is 1. The Balaban J connectivity index is 0.974. The minimum atomic E-state index is -4.63. The number of pyridine rings is 1. The van der Waals surface area contributed by atoms with E-state index in [1.165, 1.54) is 48.0 Å². The van der Waals surface area contributed by atoms with Crippen LogP contribution in [0.3, 0.4) is 0 Å². The zero-order chi connectivity index (χ0) is 48.4. The van der Waals surface area contributed by atoms with Crippen LogP contribution >= 0.6 is 11.6 Å². The van der Waals surface area contributed by atoms with Gasteiger partial charge < -0.3 is 24.5 Å². The molecule has 0 spiro atoms. The highest BCUT2D eigenvalue weighted by Gasteiger charge is 2.31. The van der Waals surface area contributed by atoms with E-state index in [2.05, 4.69) is 65.0 Å². The summed E-state index contributed by atoms with van der Waals surface area (Å²) >= 11 is 6.25. The van der Waals surface area contributed by atoms with E-state index in [4.69, 9.17) is 16.3 Å². The number of benzene rings is 3. The van der Waals surface area contributed by atoms with Crippen molar-refractivity contribution in [1.29, 1.82) is 0 Å². The average Bonchev–Trinajstić information content (AvgIpc) is 3.76. The molecule has 1 aliphatic carbocycles. The molecule has 17 nitrogen and oxygen atoms in total. The van der Waals surface area contributed by atoms with Crippen LogP contribution in [0, 0.1) is 15.5 Å². The summed E-state index contributed by atoms with van der Waals surface area (Å²) in [5.74, 6) is -0.204. The molecule has 3 aromatic carbocycles. The van der Waals surface area contributed by atoms with Crippen LogP contribution in [0.1, 0.15) is 62.9 Å². The van der Waals surface area contributed by atoms with E-state index in [-0.39, 0.29) is 28.5 Å². The van der Waals surface area contributed by atoms with Crippen molar-refractivity contribution in [2.75, 3.05) is 74.1 Å². The van der Waals surface area contributed by atoms with Gasteiger partial charge >= 0.3 is 0 Å². The first-order valence-corrected chi connectivity index (χ1v) is 26.6. The number of piperazine rings is 1. The van der Waals surface area contributed by atoms with E-state index in [0.717, 1.165) is 61.1 Å². The standard InChI is InChI=1S/C48H58ClN9O8S2/c1-32(30-56-21-23-67(63,24-22-56)53-33(2)59)52-43-12-10-40(27-44(43)58(61)62)68(64,65)54-47(60)41-11-9-38(26-45(41)66-39-25-35-14-16-50-46(35)51-29-39)57-19-17-55(18-20-57)31-36-13-15-48(3,4)28-42(36)34-5-7-37(49)8-6-34/h5-12,14,16,25-27,29,32,52,67H,13,15,17-24,28,30-31H2,1-4H3,(H,50,51)(H,54,60)(H,53,59,63)/t32-/m0/s1. The van der Waals surface area contributed by atoms with Crippen LogP contribution in [0.5, 0.6) is 11.5 Å². The van der Waals surface area contributed by atoms with E-state index < -0.39 is 47.4 Å². The molecule has 1 atom stereocenters. The minimum Gasteiger partial charge on any atom is -0.455 e. The number of aromatic amines is 1. The molecule has 4 heterocycles. The van der Waals surface area contributed by atoms with Gasteiger partial charge in [0.2, 0.25) is 5.91 Å². The van der Waals surface area contributed by atoms with Crippen molar-refractivity contribution in [3.05, 3.63) is 117 Å². The number of aromatic nitrogens is 2. The molecule has 2 saturated heterocycles. The number of amides is 2. The molecule has 0 saturated carbocycles. The molecular weight excluding hydrogens is 930 g/mol. The van der Waals surface area contributed by atoms with Gasteiger partial charge in [0.25, 0.3) is 21.6 Å². The summed E-state index contributed by atoms with van der Waals surface area (Å²) < 4.78 is 50.7. The van der Waals surface area contributed by atoms with Crippen LogP contribution < -0.4 is 19.7 Å². The van der Waals surface area contributed by atoms with Crippen molar-refractivity contribution in [3.63, 3.8) is 0 Å². The number of ether oxygens (including phenoxy) is 1. The van der Waals surface area contributed by atoms with E-state index in [0.29, 0.717) is 55.6 Å². The summed E-state index contributed by atoms with van der Waals surface area (Å²) in [6.07, 6.45) is 6.42. The number of sulfonamides is 1. The Hall–Kier alpha value is -5.70. The van der Waals surface area contributed by atoms with Crippen molar-refractivity contribution in [1.82, 2.24) is 24.5 Å². The largest absolute Gasteiger partial charge is 0.455 e. The van der Waals surface area contributed by atoms with Crippen molar-refractivity contribution < 1.29 is 32.2 Å². The Morgan fingerprint density at radius 1 is 1.01 bits per heavy atom. The zero-order valence-electron chi connectivity index (χ0n) is 38.6. The molecule has 2 fully saturated rings. The van der Waals surface area contributed by atoms with Gasteiger partial charge in [0, 0.05) is 111 Å². The Bertz CT molecular complexity index is 2920. The number of fused-ring (bicyclic) bond motifs is 1. The number of rotatable bonds is 14. The molecule has 8 rings (SSSR count). The monoisotopic (exact) mass is 987 g/mol. The van der Waals surface area contributed by atoms with Crippen LogP contribution in [0.15, 0.2) is 100 Å². The third-order valence-corrected chi connectivity index (χ3v) is 16.9. The molecule has 3 aliphatic rings. The number of carbonyl (C=O) groups excluding carboxylic acids is 2. The van der Waals surface area contributed by atoms with E-state index in [1.54, 1.807) is 24.4 Å². The minimum absolute atomic E-state index is 0.0677. The molecular formula is C48H58ClN9O8S2. The fourth-order valence-corrected chi connectivity index (χ4v) is 12.5. The molecule has 68 heavy (non-hydrogen) atoms. The van der Waals surface area contributed by atoms with Crippen molar-refractivity contribution in [2.45, 2.75) is 57.9 Å². The number of H-pyrrole nitrogens is 1. The first kappa shape index (κ1) is 48.7. The Kier molecular flexibility index (Phi) is 14.4. The van der Waals surface area contributed by atoms with Crippen molar-refractivity contribution >= 4 is 77.2 Å². The highest BCUT2D eigenvalue weighted by molar-refractivity contribution is 8.00. The predicted octanol–water partition coefficient (Wildman–Crippen LogP) is 8.03. The Morgan fingerprint density at radius 3 is 2.46 bits per heavy atom. The number of nitro benzene ring substituents is 1. The summed E-state index contributed by atoms with van der Waals surface area (Å²) in [5, 5.41) is 16.9. The van der Waals surface area contributed by atoms with Crippen LogP contribution in [0.4, 0.5) is 17.1 Å². The molecule has 0 unspecified atom stereocenters. The van der Waals surface area contributed by atoms with Gasteiger partial charge in [0.15, 0.2) is 0 Å². The quantitative estimate of drug-likeness (QED) is 0.0405. The maximum Gasteiger partial charge on any atom is 0.293 e. The third-order valence-electron chi connectivity index (χ3n) is 12.9. The number of thiol groups is 1. The SMILES string of the molecule is CC(=O)N=[SH]1(O)CCN(C[C@H](C)Nc2ccc(S(=O)(=O)NC(=O)c3ccc(N4CCN(CC5=C(c6ccc(Cl)cc6)CC(C)(C)CC5)CC4)cc3Oc3cnc4[nH]ccc4c3)cc2[N+](=O)[O-])CC1. The van der Waals surface area contributed by atoms with Gasteiger partial charge in [-0.15, -0.1) is 0 Å². The molecule has 2 amide bonds. The smallest absolute Gasteiger partial charge is 0.293 e. The van der Waals surface area contributed by atoms with Crippen LogP contribution in [-0.4, -0.2) is 119 Å². The number of hydrogen-bond acceptors (Lipinski definition) is 12. The lowest BCUT2D eigenvalue weighted by molar-refractivity contribution is -0.384. The van der Waals surface area contributed by atoms with Gasteiger partial charge in [0.1, 0.15) is 22.8 Å². The number of hydrogen-bond donors (Lipinski definition) is 5. The first-order valence-electron chi connectivity index (χ1n) is 22.7. The van der Waals surface area contributed by atoms with Crippen LogP contribution in [-0.2, 0) is 24.9 Å². The topological polar surface area (TPSA) is 216 Å². The number of carbonyl (C=O) groups is 2.